The number of aryl methyl sites for hydroxylation is 5. The first-order chi connectivity index (χ1) is 33.4. The Balaban J connectivity index is 0.000000166. The van der Waals surface area contributed by atoms with Crippen LogP contribution in [0, 0.1) is 34.6 Å². The van der Waals surface area contributed by atoms with Crippen LogP contribution in [0.5, 0.6) is 0 Å². The highest BCUT2D eigenvalue weighted by Crippen LogP contribution is 2.45. The number of amides is 2. The largest absolute Gasteiger partial charge is 0.390 e. The van der Waals surface area contributed by atoms with E-state index in [-0.39, 0.29) is 36.0 Å². The molecule has 2 aliphatic heterocycles. The first-order valence-corrected chi connectivity index (χ1v) is 25.6. The van der Waals surface area contributed by atoms with Crippen molar-refractivity contribution in [2.45, 2.75) is 174 Å². The van der Waals surface area contributed by atoms with Gasteiger partial charge in [0.1, 0.15) is 23.2 Å². The van der Waals surface area contributed by atoms with Crippen LogP contribution in [0.1, 0.15) is 168 Å². The van der Waals surface area contributed by atoms with E-state index >= 15 is 0 Å². The van der Waals surface area contributed by atoms with Crippen molar-refractivity contribution >= 4 is 51.2 Å². The summed E-state index contributed by atoms with van der Waals surface area (Å²) in [6.07, 6.45) is 11.0. The van der Waals surface area contributed by atoms with Crippen molar-refractivity contribution in [2.24, 2.45) is 0 Å². The van der Waals surface area contributed by atoms with E-state index in [1.165, 1.54) is 0 Å². The lowest BCUT2D eigenvalue weighted by Crippen LogP contribution is -2.40. The van der Waals surface area contributed by atoms with Gasteiger partial charge < -0.3 is 38.6 Å². The number of rotatable bonds is 7. The Morgan fingerprint density at radius 3 is 1.67 bits per heavy atom. The van der Waals surface area contributed by atoms with E-state index in [1.807, 2.05) is 71.6 Å². The standard InChI is InChI=1S/C31H35ClN4O3.C24H30N4O3/c1-18-8-10-23(17-24(18)32)35-27(6-5-7-28(35)37)30-33-25-16-21(29-19(2)34-39-20(29)3)9-11-26(25)36(30)22-12-14-31(4,38)15-13-22;1-14-22(15(2)31-27-14)16-7-8-20-19(13-16)26-23(18-5-4-6-21(29)25-18)28(20)17-9-11-24(3,30)12-10-17/h8-11,16-17,22,27,38H,5-7,12-15H2,1-4H3;7-8,13,17-18,30H,4-6,9-12H2,1-3H3,(H,25,29)/t22?,27-,31?;17?,18-,24?/m00/s1. The molecule has 4 aromatic heterocycles. The third-order valence-electron chi connectivity index (χ3n) is 15.6. The van der Waals surface area contributed by atoms with Crippen molar-refractivity contribution < 1.29 is 28.8 Å². The summed E-state index contributed by atoms with van der Waals surface area (Å²) < 4.78 is 15.5. The van der Waals surface area contributed by atoms with E-state index in [1.54, 1.807) is 0 Å². The lowest BCUT2D eigenvalue weighted by molar-refractivity contribution is -0.123. The maximum Gasteiger partial charge on any atom is 0.227 e. The van der Waals surface area contributed by atoms with Gasteiger partial charge in [-0.05, 0) is 179 Å². The summed E-state index contributed by atoms with van der Waals surface area (Å²) in [4.78, 5) is 37.8. The molecule has 6 heterocycles. The molecular weight excluding hydrogens is 904 g/mol. The molecule has 4 aliphatic rings. The molecule has 70 heavy (non-hydrogen) atoms. The number of carbonyl (C=O) groups is 2. The minimum Gasteiger partial charge on any atom is -0.390 e. The summed E-state index contributed by atoms with van der Waals surface area (Å²) in [5, 5.41) is 33.2. The van der Waals surface area contributed by atoms with Gasteiger partial charge in [-0.15, -0.1) is 0 Å². The summed E-state index contributed by atoms with van der Waals surface area (Å²) in [7, 11) is 0. The van der Waals surface area contributed by atoms with Gasteiger partial charge in [-0.1, -0.05) is 40.1 Å². The number of halogens is 1. The molecule has 2 aliphatic carbocycles. The summed E-state index contributed by atoms with van der Waals surface area (Å²) in [6, 6.07) is 18.7. The number of imidazole rings is 2. The lowest BCUT2D eigenvalue weighted by atomic mass is 9.83. The molecule has 2 saturated carbocycles. The quantitative estimate of drug-likeness (QED) is 0.139. The smallest absolute Gasteiger partial charge is 0.227 e. The first-order valence-electron chi connectivity index (χ1n) is 25.2. The van der Waals surface area contributed by atoms with E-state index in [0.29, 0.717) is 17.9 Å². The van der Waals surface area contributed by atoms with Crippen molar-refractivity contribution in [1.29, 1.82) is 0 Å². The van der Waals surface area contributed by atoms with Crippen LogP contribution in [0.4, 0.5) is 5.69 Å². The minimum atomic E-state index is -0.644. The van der Waals surface area contributed by atoms with Crippen molar-refractivity contribution in [2.75, 3.05) is 4.90 Å². The van der Waals surface area contributed by atoms with Crippen molar-refractivity contribution in [1.82, 2.24) is 34.7 Å². The molecule has 11 rings (SSSR count). The second-order valence-electron chi connectivity index (χ2n) is 21.1. The first kappa shape index (κ1) is 47.8. The predicted octanol–water partition coefficient (Wildman–Crippen LogP) is 11.9. The molecule has 7 aromatic rings. The number of benzene rings is 3. The molecule has 2 saturated heterocycles. The fraction of sp³-hybridized carbons (Fsp3) is 0.491. The number of piperidine rings is 2. The molecule has 0 spiro atoms. The summed E-state index contributed by atoms with van der Waals surface area (Å²) >= 11 is 6.51. The van der Waals surface area contributed by atoms with E-state index in [2.05, 4.69) is 61.2 Å². The van der Waals surface area contributed by atoms with Crippen LogP contribution in [-0.4, -0.2) is 62.6 Å². The van der Waals surface area contributed by atoms with Crippen LogP contribution in [0.15, 0.2) is 63.6 Å². The number of aliphatic hydroxyl groups is 2. The number of fused-ring (bicyclic) bond motifs is 2. The van der Waals surface area contributed by atoms with Gasteiger partial charge in [-0.25, -0.2) is 9.97 Å². The van der Waals surface area contributed by atoms with Crippen molar-refractivity contribution in [3.8, 4) is 22.3 Å². The second-order valence-corrected chi connectivity index (χ2v) is 21.5. The van der Waals surface area contributed by atoms with Gasteiger partial charge in [0.05, 0.1) is 56.7 Å². The number of hydrogen-bond donors (Lipinski definition) is 3. The number of nitrogens with zero attached hydrogens (tertiary/aromatic N) is 7. The van der Waals surface area contributed by atoms with Crippen LogP contribution in [0.25, 0.3) is 44.3 Å². The van der Waals surface area contributed by atoms with Crippen LogP contribution in [0.2, 0.25) is 5.02 Å². The molecule has 0 unspecified atom stereocenters. The third-order valence-corrected chi connectivity index (χ3v) is 16.0. The number of aromatic nitrogens is 6. The van der Waals surface area contributed by atoms with Gasteiger partial charge in [-0.3, -0.25) is 9.59 Å². The van der Waals surface area contributed by atoms with Crippen LogP contribution in [0.3, 0.4) is 0 Å². The van der Waals surface area contributed by atoms with Crippen molar-refractivity contribution in [3.05, 3.63) is 99.7 Å². The Morgan fingerprint density at radius 2 is 1.17 bits per heavy atom. The van der Waals surface area contributed by atoms with Gasteiger partial charge in [0.2, 0.25) is 11.8 Å². The Bertz CT molecular complexity index is 3060. The Labute approximate surface area is 413 Å². The van der Waals surface area contributed by atoms with Crippen LogP contribution < -0.4 is 10.2 Å². The second kappa shape index (κ2) is 18.7. The van der Waals surface area contributed by atoms with Gasteiger partial charge in [0.15, 0.2) is 0 Å². The zero-order chi connectivity index (χ0) is 49.2. The third kappa shape index (κ3) is 9.18. The maximum atomic E-state index is 13.4. The average molecular weight is 970 g/mol. The SMILES string of the molecule is Cc1ccc(N2C(=O)CCC[C@H]2c2nc3cc(-c4c(C)noc4C)ccc3n2C2CCC(C)(O)CC2)cc1Cl.Cc1noc(C)c1-c1ccc2c(c1)nc([C@@H]1CCCC(=O)N1)n2C1CCC(C)(O)CC1. The normalized spacial score (nSPS) is 25.3. The molecule has 0 radical (unpaired) electrons. The zero-order valence-corrected chi connectivity index (χ0v) is 42.2. The molecule has 3 aromatic carbocycles. The minimum absolute atomic E-state index is 0.0707. The molecule has 368 valence electrons. The van der Waals surface area contributed by atoms with Gasteiger partial charge in [0.25, 0.3) is 0 Å². The molecule has 0 bridgehead atoms. The number of anilines is 1. The number of carbonyl (C=O) groups excluding carboxylic acids is 2. The van der Waals surface area contributed by atoms with Crippen LogP contribution >= 0.6 is 11.6 Å². The molecular formula is C55H65ClN8O6. The summed E-state index contributed by atoms with van der Waals surface area (Å²) in [5.74, 6) is 3.60. The Morgan fingerprint density at radius 1 is 0.657 bits per heavy atom. The number of hydrogen-bond acceptors (Lipinski definition) is 10. The highest BCUT2D eigenvalue weighted by atomic mass is 35.5. The summed E-state index contributed by atoms with van der Waals surface area (Å²) in [5.41, 5.74) is 10.3. The molecule has 2 atom stereocenters. The highest BCUT2D eigenvalue weighted by Gasteiger charge is 2.39. The van der Waals surface area contributed by atoms with Crippen molar-refractivity contribution in [3.63, 3.8) is 0 Å². The number of nitrogens with one attached hydrogen (secondary N) is 1. The predicted molar refractivity (Wildman–Crippen MR) is 271 cm³/mol. The van der Waals surface area contributed by atoms with Crippen LogP contribution in [-0.2, 0) is 9.59 Å². The Hall–Kier alpha value is -5.83. The highest BCUT2D eigenvalue weighted by molar-refractivity contribution is 6.31. The van der Waals surface area contributed by atoms with Gasteiger partial charge >= 0.3 is 0 Å². The lowest BCUT2D eigenvalue weighted by Gasteiger charge is -2.38. The average Bonchev–Trinajstić information content (AvgIpc) is 4.09. The van der Waals surface area contributed by atoms with Gasteiger partial charge in [-0.2, -0.15) is 0 Å². The summed E-state index contributed by atoms with van der Waals surface area (Å²) in [6.45, 7) is 13.6. The topological polar surface area (TPSA) is 178 Å². The Kier molecular flexibility index (Phi) is 12.8. The van der Waals surface area contributed by atoms with E-state index in [0.717, 1.165) is 167 Å². The maximum absolute atomic E-state index is 13.4. The monoisotopic (exact) mass is 968 g/mol. The molecule has 14 nitrogen and oxygen atoms in total. The van der Waals surface area contributed by atoms with Gasteiger partial charge in [0, 0.05) is 46.8 Å². The van der Waals surface area contributed by atoms with E-state index in [9.17, 15) is 19.8 Å². The fourth-order valence-electron chi connectivity index (χ4n) is 11.7. The zero-order valence-electron chi connectivity index (χ0n) is 41.4. The fourth-order valence-corrected chi connectivity index (χ4v) is 11.9. The molecule has 2 amide bonds. The molecule has 15 heteroatoms. The molecule has 3 N–H and O–H groups in total. The van der Waals surface area contributed by atoms with E-state index < -0.39 is 11.2 Å². The molecule has 4 fully saturated rings. The van der Waals surface area contributed by atoms with E-state index in [4.69, 9.17) is 30.6 Å².